The second kappa shape index (κ2) is 8.43. The average Bonchev–Trinajstić information content (AvgIpc) is 2.53. The highest BCUT2D eigenvalue weighted by molar-refractivity contribution is 5.46. The number of rotatable bonds is 8. The summed E-state index contributed by atoms with van der Waals surface area (Å²) in [5, 5.41) is 3.46. The molecule has 0 radical (unpaired) electrons. The maximum Gasteiger partial charge on any atom is 0.0366 e. The molecular weight excluding hydrogens is 256 g/mol. The maximum absolute atomic E-state index is 3.46. The van der Waals surface area contributed by atoms with E-state index in [0.29, 0.717) is 5.41 Å². The molecule has 2 rings (SSSR count). The van der Waals surface area contributed by atoms with Gasteiger partial charge in [0.15, 0.2) is 0 Å². The minimum Gasteiger partial charge on any atom is -0.371 e. The van der Waals surface area contributed by atoms with E-state index in [1.165, 1.54) is 63.7 Å². The molecule has 0 aliphatic heterocycles. The van der Waals surface area contributed by atoms with Gasteiger partial charge in [-0.1, -0.05) is 50.8 Å². The number of hydrogen-bond acceptors (Lipinski definition) is 2. The van der Waals surface area contributed by atoms with E-state index in [2.05, 4.69) is 54.5 Å². The Balaban J connectivity index is 2.11. The number of nitrogens with one attached hydrogen (secondary N) is 1. The number of anilines is 1. The molecule has 0 atom stereocenters. The number of para-hydroxylation sites is 1. The molecule has 0 spiro atoms. The van der Waals surface area contributed by atoms with Crippen LogP contribution in [0.2, 0.25) is 0 Å². The van der Waals surface area contributed by atoms with Crippen LogP contribution >= 0.6 is 0 Å². The molecule has 0 heterocycles. The zero-order valence-electron chi connectivity index (χ0n) is 13.9. The number of hydrogen-bond donors (Lipinski definition) is 1. The van der Waals surface area contributed by atoms with Gasteiger partial charge in [-0.2, -0.15) is 0 Å². The highest BCUT2D eigenvalue weighted by atomic mass is 15.1. The molecule has 0 unspecified atom stereocenters. The van der Waals surface area contributed by atoms with Gasteiger partial charge in [-0.25, -0.2) is 0 Å². The maximum atomic E-state index is 3.46. The molecule has 2 heteroatoms. The Morgan fingerprint density at radius 1 is 1.10 bits per heavy atom. The molecule has 1 N–H and O–H groups in total. The van der Waals surface area contributed by atoms with E-state index in [9.17, 15) is 0 Å². The van der Waals surface area contributed by atoms with Gasteiger partial charge in [-0.15, -0.1) is 0 Å². The van der Waals surface area contributed by atoms with Gasteiger partial charge in [0.2, 0.25) is 0 Å². The van der Waals surface area contributed by atoms with Crippen LogP contribution in [0.1, 0.15) is 51.9 Å². The van der Waals surface area contributed by atoms with Crippen molar-refractivity contribution in [1.82, 2.24) is 5.32 Å². The lowest BCUT2D eigenvalue weighted by Crippen LogP contribution is -2.45. The van der Waals surface area contributed by atoms with Crippen LogP contribution in [0, 0.1) is 5.41 Å². The van der Waals surface area contributed by atoms with Gasteiger partial charge in [0.1, 0.15) is 0 Å². The Bertz CT molecular complexity index is 376. The summed E-state index contributed by atoms with van der Waals surface area (Å²) in [5.74, 6) is 0. The Morgan fingerprint density at radius 3 is 2.43 bits per heavy atom. The molecule has 0 amide bonds. The fourth-order valence-electron chi connectivity index (χ4n) is 3.76. The highest BCUT2D eigenvalue weighted by Gasteiger charge is 2.33. The summed E-state index contributed by atoms with van der Waals surface area (Å²) < 4.78 is 0. The van der Waals surface area contributed by atoms with E-state index in [-0.39, 0.29) is 0 Å². The summed E-state index contributed by atoms with van der Waals surface area (Å²) in [5.41, 5.74) is 1.86. The van der Waals surface area contributed by atoms with Crippen LogP contribution in [0.3, 0.4) is 0 Å². The first kappa shape index (κ1) is 16.4. The first-order chi connectivity index (χ1) is 10.3. The van der Waals surface area contributed by atoms with E-state index in [1.807, 2.05) is 0 Å². The van der Waals surface area contributed by atoms with Crippen LogP contribution in [-0.2, 0) is 0 Å². The molecule has 0 saturated heterocycles. The lowest BCUT2D eigenvalue weighted by atomic mass is 9.73. The van der Waals surface area contributed by atoms with Crippen molar-refractivity contribution in [3.05, 3.63) is 30.3 Å². The third-order valence-electron chi connectivity index (χ3n) is 4.90. The van der Waals surface area contributed by atoms with Gasteiger partial charge < -0.3 is 10.2 Å². The molecule has 0 aromatic heterocycles. The SMILES string of the molecule is CCCCN(CC1(CNC)CCCCC1)c1ccccc1. The topological polar surface area (TPSA) is 15.3 Å². The van der Waals surface area contributed by atoms with Crippen molar-refractivity contribution in [3.8, 4) is 0 Å². The molecule has 1 fully saturated rings. The van der Waals surface area contributed by atoms with Gasteiger partial charge >= 0.3 is 0 Å². The van der Waals surface area contributed by atoms with Crippen molar-refractivity contribution in [3.63, 3.8) is 0 Å². The molecule has 2 nitrogen and oxygen atoms in total. The lowest BCUT2D eigenvalue weighted by Gasteiger charge is -2.42. The first-order valence-electron chi connectivity index (χ1n) is 8.74. The van der Waals surface area contributed by atoms with Crippen molar-refractivity contribution in [1.29, 1.82) is 0 Å². The highest BCUT2D eigenvalue weighted by Crippen LogP contribution is 2.37. The summed E-state index contributed by atoms with van der Waals surface area (Å²) >= 11 is 0. The van der Waals surface area contributed by atoms with Crippen LogP contribution in [-0.4, -0.2) is 26.7 Å². The second-order valence-electron chi connectivity index (χ2n) is 6.70. The lowest BCUT2D eigenvalue weighted by molar-refractivity contribution is 0.191. The molecule has 1 aromatic rings. The Hall–Kier alpha value is -1.02. The Kier molecular flexibility index (Phi) is 6.56. The summed E-state index contributed by atoms with van der Waals surface area (Å²) in [4.78, 5) is 2.63. The second-order valence-corrected chi connectivity index (χ2v) is 6.70. The summed E-state index contributed by atoms with van der Waals surface area (Å²) in [6.07, 6.45) is 9.53. The molecule has 1 aromatic carbocycles. The van der Waals surface area contributed by atoms with Crippen LogP contribution in [0.4, 0.5) is 5.69 Å². The smallest absolute Gasteiger partial charge is 0.0366 e. The molecule has 1 aliphatic carbocycles. The van der Waals surface area contributed by atoms with Gasteiger partial charge in [-0.3, -0.25) is 0 Å². The third-order valence-corrected chi connectivity index (χ3v) is 4.90. The van der Waals surface area contributed by atoms with Crippen LogP contribution < -0.4 is 10.2 Å². The van der Waals surface area contributed by atoms with E-state index in [4.69, 9.17) is 0 Å². The van der Waals surface area contributed by atoms with Crippen LogP contribution in [0.15, 0.2) is 30.3 Å². The Labute approximate surface area is 130 Å². The third kappa shape index (κ3) is 4.74. The molecule has 1 aliphatic rings. The van der Waals surface area contributed by atoms with Crippen molar-refractivity contribution < 1.29 is 0 Å². The number of benzene rings is 1. The molecule has 118 valence electrons. The molecular formula is C19H32N2. The fraction of sp³-hybridized carbons (Fsp3) is 0.684. The van der Waals surface area contributed by atoms with E-state index < -0.39 is 0 Å². The molecule has 0 bridgehead atoms. The summed E-state index contributed by atoms with van der Waals surface area (Å²) in [6, 6.07) is 11.0. The quantitative estimate of drug-likeness (QED) is 0.759. The van der Waals surface area contributed by atoms with Crippen molar-refractivity contribution in [2.75, 3.05) is 31.6 Å². The normalized spacial score (nSPS) is 17.6. The van der Waals surface area contributed by atoms with Crippen molar-refractivity contribution in [2.24, 2.45) is 5.41 Å². The predicted molar refractivity (Wildman–Crippen MR) is 93.0 cm³/mol. The zero-order chi connectivity index (χ0) is 15.0. The van der Waals surface area contributed by atoms with Crippen LogP contribution in [0.5, 0.6) is 0 Å². The molecule has 1 saturated carbocycles. The minimum atomic E-state index is 0.469. The van der Waals surface area contributed by atoms with E-state index in [0.717, 1.165) is 6.54 Å². The van der Waals surface area contributed by atoms with E-state index >= 15 is 0 Å². The predicted octanol–water partition coefficient (Wildman–Crippen LogP) is 4.46. The number of nitrogens with zero attached hydrogens (tertiary/aromatic N) is 1. The minimum absolute atomic E-state index is 0.469. The Morgan fingerprint density at radius 2 is 1.81 bits per heavy atom. The standard InChI is InChI=1S/C19H32N2/c1-3-4-15-21(18-11-7-5-8-12-18)17-19(16-20-2)13-9-6-10-14-19/h5,7-8,11-12,20H,3-4,6,9-10,13-17H2,1-2H3. The van der Waals surface area contributed by atoms with Crippen molar-refractivity contribution >= 4 is 5.69 Å². The van der Waals surface area contributed by atoms with E-state index in [1.54, 1.807) is 0 Å². The zero-order valence-corrected chi connectivity index (χ0v) is 13.9. The first-order valence-corrected chi connectivity index (χ1v) is 8.74. The molecule has 21 heavy (non-hydrogen) atoms. The van der Waals surface area contributed by atoms with Crippen molar-refractivity contribution in [2.45, 2.75) is 51.9 Å². The summed E-state index contributed by atoms with van der Waals surface area (Å²) in [6.45, 7) is 5.83. The van der Waals surface area contributed by atoms with Crippen LogP contribution in [0.25, 0.3) is 0 Å². The monoisotopic (exact) mass is 288 g/mol. The largest absolute Gasteiger partial charge is 0.371 e. The summed E-state index contributed by atoms with van der Waals surface area (Å²) in [7, 11) is 2.11. The van der Waals surface area contributed by atoms with Gasteiger partial charge in [0.05, 0.1) is 0 Å². The number of unbranched alkanes of at least 4 members (excludes halogenated alkanes) is 1. The average molecular weight is 288 g/mol. The van der Waals surface area contributed by atoms with Gasteiger partial charge in [-0.05, 0) is 38.4 Å². The van der Waals surface area contributed by atoms with Gasteiger partial charge in [0, 0.05) is 30.7 Å². The fourth-order valence-corrected chi connectivity index (χ4v) is 3.76. The van der Waals surface area contributed by atoms with Gasteiger partial charge in [0.25, 0.3) is 0 Å².